The van der Waals surface area contributed by atoms with Crippen LogP contribution >= 0.6 is 0 Å². The zero-order valence-electron chi connectivity index (χ0n) is 11.0. The number of hydrogen-bond donors (Lipinski definition) is 2. The van der Waals surface area contributed by atoms with Gasteiger partial charge in [-0.05, 0) is 13.0 Å². The van der Waals surface area contributed by atoms with Crippen LogP contribution in [0.1, 0.15) is 17.2 Å². The van der Waals surface area contributed by atoms with Gasteiger partial charge in [-0.2, -0.15) is 0 Å². The monoisotopic (exact) mass is 256 g/mol. The van der Waals surface area contributed by atoms with Gasteiger partial charge in [-0.3, -0.25) is 0 Å². The van der Waals surface area contributed by atoms with E-state index in [1.165, 1.54) is 5.56 Å². The van der Waals surface area contributed by atoms with Gasteiger partial charge in [0.05, 0.1) is 6.04 Å². The van der Waals surface area contributed by atoms with E-state index < -0.39 is 0 Å². The SMILES string of the molecule is CNc1ncnc(NC2COc3ccccc32)c1C. The summed E-state index contributed by atoms with van der Waals surface area (Å²) in [4.78, 5) is 8.49. The van der Waals surface area contributed by atoms with E-state index in [-0.39, 0.29) is 6.04 Å². The quantitative estimate of drug-likeness (QED) is 0.883. The van der Waals surface area contributed by atoms with Crippen LogP contribution < -0.4 is 15.4 Å². The Morgan fingerprint density at radius 3 is 2.84 bits per heavy atom. The highest BCUT2D eigenvalue weighted by Crippen LogP contribution is 2.34. The van der Waals surface area contributed by atoms with Gasteiger partial charge >= 0.3 is 0 Å². The minimum absolute atomic E-state index is 0.134. The van der Waals surface area contributed by atoms with Crippen LogP contribution in [-0.2, 0) is 0 Å². The first-order chi connectivity index (χ1) is 9.29. The van der Waals surface area contributed by atoms with Crippen molar-refractivity contribution in [2.45, 2.75) is 13.0 Å². The van der Waals surface area contributed by atoms with E-state index in [9.17, 15) is 0 Å². The Hall–Kier alpha value is -2.30. The lowest BCUT2D eigenvalue weighted by atomic mass is 10.1. The van der Waals surface area contributed by atoms with Crippen molar-refractivity contribution in [3.8, 4) is 5.75 Å². The van der Waals surface area contributed by atoms with Crippen LogP contribution in [-0.4, -0.2) is 23.6 Å². The molecule has 1 aliphatic rings. The molecule has 2 heterocycles. The van der Waals surface area contributed by atoms with Gasteiger partial charge in [0.2, 0.25) is 0 Å². The van der Waals surface area contributed by atoms with E-state index in [0.717, 1.165) is 22.9 Å². The number of benzene rings is 1. The first-order valence-electron chi connectivity index (χ1n) is 6.27. The Morgan fingerprint density at radius 2 is 2.00 bits per heavy atom. The molecule has 0 spiro atoms. The zero-order valence-corrected chi connectivity index (χ0v) is 11.0. The summed E-state index contributed by atoms with van der Waals surface area (Å²) in [7, 11) is 1.85. The molecule has 1 aromatic heterocycles. The van der Waals surface area contributed by atoms with E-state index in [1.54, 1.807) is 6.33 Å². The molecule has 0 saturated heterocycles. The van der Waals surface area contributed by atoms with Crippen molar-refractivity contribution in [3.05, 3.63) is 41.7 Å². The van der Waals surface area contributed by atoms with Crippen LogP contribution in [0.15, 0.2) is 30.6 Å². The zero-order chi connectivity index (χ0) is 13.2. The molecular weight excluding hydrogens is 240 g/mol. The van der Waals surface area contributed by atoms with Gasteiger partial charge in [-0.25, -0.2) is 9.97 Å². The molecule has 19 heavy (non-hydrogen) atoms. The third-order valence-electron chi connectivity index (χ3n) is 3.33. The van der Waals surface area contributed by atoms with Crippen molar-refractivity contribution in [2.24, 2.45) is 0 Å². The number of aromatic nitrogens is 2. The Bertz CT molecular complexity index is 600. The fourth-order valence-corrected chi connectivity index (χ4v) is 2.29. The third-order valence-corrected chi connectivity index (χ3v) is 3.33. The average Bonchev–Trinajstić information content (AvgIpc) is 2.85. The molecule has 0 aliphatic carbocycles. The van der Waals surface area contributed by atoms with Crippen LogP contribution in [0, 0.1) is 6.92 Å². The smallest absolute Gasteiger partial charge is 0.135 e. The maximum absolute atomic E-state index is 5.66. The standard InChI is InChI=1S/C14H16N4O/c1-9-13(15-2)16-8-17-14(9)18-11-7-19-12-6-4-3-5-10(11)12/h3-6,8,11H,7H2,1-2H3,(H2,15,16,17,18). The molecule has 0 fully saturated rings. The van der Waals surface area contributed by atoms with Crippen LogP contribution in [0.2, 0.25) is 0 Å². The average molecular weight is 256 g/mol. The number of anilines is 2. The highest BCUT2D eigenvalue weighted by molar-refractivity contribution is 5.58. The summed E-state index contributed by atoms with van der Waals surface area (Å²) in [6, 6.07) is 8.21. The molecule has 2 aromatic rings. The molecule has 0 bridgehead atoms. The summed E-state index contributed by atoms with van der Waals surface area (Å²) in [5, 5.41) is 6.48. The van der Waals surface area contributed by atoms with Gasteiger partial charge in [-0.1, -0.05) is 18.2 Å². The van der Waals surface area contributed by atoms with Gasteiger partial charge in [0, 0.05) is 18.2 Å². The Morgan fingerprint density at radius 1 is 1.21 bits per heavy atom. The second kappa shape index (κ2) is 4.76. The van der Waals surface area contributed by atoms with Crippen molar-refractivity contribution < 1.29 is 4.74 Å². The molecule has 5 heteroatoms. The van der Waals surface area contributed by atoms with E-state index in [2.05, 4.69) is 26.7 Å². The second-order valence-corrected chi connectivity index (χ2v) is 4.49. The molecule has 5 nitrogen and oxygen atoms in total. The summed E-state index contributed by atoms with van der Waals surface area (Å²) < 4.78 is 5.66. The van der Waals surface area contributed by atoms with E-state index in [4.69, 9.17) is 4.74 Å². The molecule has 1 aromatic carbocycles. The Balaban J connectivity index is 1.87. The van der Waals surface area contributed by atoms with Gasteiger partial charge in [0.1, 0.15) is 30.3 Å². The minimum atomic E-state index is 0.134. The predicted molar refractivity (Wildman–Crippen MR) is 74.6 cm³/mol. The van der Waals surface area contributed by atoms with Crippen LogP contribution in [0.3, 0.4) is 0 Å². The summed E-state index contributed by atoms with van der Waals surface area (Å²) in [5.74, 6) is 2.62. The number of rotatable bonds is 3. The number of ether oxygens (including phenoxy) is 1. The lowest BCUT2D eigenvalue weighted by Crippen LogP contribution is -2.14. The van der Waals surface area contributed by atoms with Gasteiger partial charge in [0.15, 0.2) is 0 Å². The first-order valence-corrected chi connectivity index (χ1v) is 6.27. The highest BCUT2D eigenvalue weighted by atomic mass is 16.5. The fourth-order valence-electron chi connectivity index (χ4n) is 2.29. The molecule has 2 N–H and O–H groups in total. The highest BCUT2D eigenvalue weighted by Gasteiger charge is 2.24. The topological polar surface area (TPSA) is 59.1 Å². The van der Waals surface area contributed by atoms with Gasteiger partial charge in [-0.15, -0.1) is 0 Å². The fraction of sp³-hybridized carbons (Fsp3) is 0.286. The number of fused-ring (bicyclic) bond motifs is 1. The number of nitrogens with one attached hydrogen (secondary N) is 2. The molecule has 1 aliphatic heterocycles. The number of nitrogens with zero attached hydrogens (tertiary/aromatic N) is 2. The predicted octanol–water partition coefficient (Wildman–Crippen LogP) is 2.37. The van der Waals surface area contributed by atoms with Gasteiger partial charge < -0.3 is 15.4 Å². The summed E-state index contributed by atoms with van der Waals surface area (Å²) in [5.41, 5.74) is 2.18. The number of para-hydroxylation sites is 1. The Labute approximate surface area is 112 Å². The number of hydrogen-bond acceptors (Lipinski definition) is 5. The van der Waals surface area contributed by atoms with Crippen LogP contribution in [0.25, 0.3) is 0 Å². The molecule has 3 rings (SSSR count). The van der Waals surface area contributed by atoms with Crippen molar-refractivity contribution in [3.63, 3.8) is 0 Å². The first kappa shape index (κ1) is 11.8. The van der Waals surface area contributed by atoms with Crippen LogP contribution in [0.4, 0.5) is 11.6 Å². The van der Waals surface area contributed by atoms with Gasteiger partial charge in [0.25, 0.3) is 0 Å². The van der Waals surface area contributed by atoms with Crippen molar-refractivity contribution in [1.82, 2.24) is 9.97 Å². The second-order valence-electron chi connectivity index (χ2n) is 4.49. The largest absolute Gasteiger partial charge is 0.491 e. The van der Waals surface area contributed by atoms with Crippen LogP contribution in [0.5, 0.6) is 5.75 Å². The molecule has 0 amide bonds. The molecule has 0 saturated carbocycles. The minimum Gasteiger partial charge on any atom is -0.491 e. The summed E-state index contributed by atoms with van der Waals surface area (Å²) in [6.07, 6.45) is 1.56. The summed E-state index contributed by atoms with van der Waals surface area (Å²) >= 11 is 0. The molecule has 0 radical (unpaired) electrons. The van der Waals surface area contributed by atoms with Crippen molar-refractivity contribution in [2.75, 3.05) is 24.3 Å². The van der Waals surface area contributed by atoms with E-state index >= 15 is 0 Å². The molecule has 98 valence electrons. The molecule has 1 atom stereocenters. The molecule has 1 unspecified atom stereocenters. The van der Waals surface area contributed by atoms with E-state index in [1.807, 2.05) is 32.2 Å². The van der Waals surface area contributed by atoms with E-state index in [0.29, 0.717) is 6.61 Å². The lowest BCUT2D eigenvalue weighted by molar-refractivity contribution is 0.339. The molecular formula is C14H16N4O. The normalized spacial score (nSPS) is 16.6. The maximum Gasteiger partial charge on any atom is 0.135 e. The summed E-state index contributed by atoms with van der Waals surface area (Å²) in [6.45, 7) is 2.62. The Kier molecular flexibility index (Phi) is 2.95. The maximum atomic E-state index is 5.66. The van der Waals surface area contributed by atoms with Crippen molar-refractivity contribution >= 4 is 11.6 Å². The lowest BCUT2D eigenvalue weighted by Gasteiger charge is -2.15. The third kappa shape index (κ3) is 2.07. The van der Waals surface area contributed by atoms with Crippen molar-refractivity contribution in [1.29, 1.82) is 0 Å².